The number of fused-ring (bicyclic) bond motifs is 1. The lowest BCUT2D eigenvalue weighted by Crippen LogP contribution is -2.50. The van der Waals surface area contributed by atoms with Crippen molar-refractivity contribution in [2.75, 3.05) is 4.90 Å². The molecule has 1 aliphatic rings. The number of alkyl halides is 3. The number of carbonyl (C=O) groups excluding carboxylic acids is 1. The first-order chi connectivity index (χ1) is 10.4. The number of nitrogens with zero attached hydrogens (tertiary/aromatic N) is 1. The molecule has 6 heteroatoms. The Labute approximate surface area is 124 Å². The van der Waals surface area contributed by atoms with Crippen LogP contribution in [0.2, 0.25) is 0 Å². The van der Waals surface area contributed by atoms with Crippen LogP contribution >= 0.6 is 0 Å². The number of hydrogen-bond donors (Lipinski definition) is 1. The van der Waals surface area contributed by atoms with E-state index in [4.69, 9.17) is 0 Å². The molecule has 1 atom stereocenters. The van der Waals surface area contributed by atoms with Crippen molar-refractivity contribution in [2.24, 2.45) is 0 Å². The molecule has 1 N–H and O–H groups in total. The second kappa shape index (κ2) is 4.84. The van der Waals surface area contributed by atoms with Gasteiger partial charge in [-0.3, -0.25) is 4.79 Å². The van der Waals surface area contributed by atoms with Gasteiger partial charge >= 0.3 is 6.18 Å². The predicted molar refractivity (Wildman–Crippen MR) is 74.0 cm³/mol. The molecule has 0 saturated carbocycles. The molecule has 0 bridgehead atoms. The zero-order valence-corrected chi connectivity index (χ0v) is 11.3. The third-order valence-electron chi connectivity index (χ3n) is 3.73. The second-order valence-electron chi connectivity index (χ2n) is 5.10. The maximum atomic E-state index is 13.3. The van der Waals surface area contributed by atoms with Crippen LogP contribution in [-0.2, 0) is 16.9 Å². The fraction of sp³-hybridized carbons (Fsp3) is 0.188. The molecule has 0 spiro atoms. The Balaban J connectivity index is 2.09. The first-order valence-corrected chi connectivity index (χ1v) is 6.60. The molecule has 0 saturated heterocycles. The SMILES string of the molecule is O=C1N(Cc2ccccc2)c2ccccc2C1(O)C(F)(F)F. The van der Waals surface area contributed by atoms with Gasteiger partial charge in [-0.2, -0.15) is 13.2 Å². The fourth-order valence-corrected chi connectivity index (χ4v) is 2.63. The van der Waals surface area contributed by atoms with Crippen LogP contribution in [-0.4, -0.2) is 17.2 Å². The van der Waals surface area contributed by atoms with Crippen molar-refractivity contribution in [1.29, 1.82) is 0 Å². The summed E-state index contributed by atoms with van der Waals surface area (Å²) in [5.41, 5.74) is -3.16. The monoisotopic (exact) mass is 307 g/mol. The summed E-state index contributed by atoms with van der Waals surface area (Å²) >= 11 is 0. The third-order valence-corrected chi connectivity index (χ3v) is 3.73. The molecule has 1 unspecified atom stereocenters. The normalized spacial score (nSPS) is 21.1. The highest BCUT2D eigenvalue weighted by molar-refractivity contribution is 6.07. The van der Waals surface area contributed by atoms with Gasteiger partial charge < -0.3 is 10.0 Å². The van der Waals surface area contributed by atoms with Crippen LogP contribution in [0.15, 0.2) is 54.6 Å². The Morgan fingerprint density at radius 1 is 1.00 bits per heavy atom. The van der Waals surface area contributed by atoms with Gasteiger partial charge in [0, 0.05) is 5.56 Å². The van der Waals surface area contributed by atoms with E-state index in [9.17, 15) is 23.1 Å². The minimum absolute atomic E-state index is 0.0327. The van der Waals surface area contributed by atoms with E-state index in [1.165, 1.54) is 18.2 Å². The molecule has 1 amide bonds. The lowest BCUT2D eigenvalue weighted by atomic mass is 9.95. The number of aliphatic hydroxyl groups is 1. The number of carbonyl (C=O) groups is 1. The summed E-state index contributed by atoms with van der Waals surface area (Å²) in [7, 11) is 0. The number of amides is 1. The summed E-state index contributed by atoms with van der Waals surface area (Å²) in [6, 6.07) is 14.1. The smallest absolute Gasteiger partial charge is 0.368 e. The third kappa shape index (κ3) is 1.99. The minimum atomic E-state index is -5.08. The molecular formula is C16H12F3NO2. The molecule has 0 radical (unpaired) electrons. The molecule has 0 aliphatic carbocycles. The maximum absolute atomic E-state index is 13.3. The van der Waals surface area contributed by atoms with E-state index in [0.717, 1.165) is 11.0 Å². The lowest BCUT2D eigenvalue weighted by molar-refractivity contribution is -0.253. The Morgan fingerprint density at radius 3 is 2.23 bits per heavy atom. The van der Waals surface area contributed by atoms with Gasteiger partial charge in [0.1, 0.15) is 0 Å². The van der Waals surface area contributed by atoms with Gasteiger partial charge in [-0.05, 0) is 11.6 Å². The standard InChI is InChI=1S/C16H12F3NO2/c17-16(18,19)15(22)12-8-4-5-9-13(12)20(14(15)21)10-11-6-2-1-3-7-11/h1-9,22H,10H2. The van der Waals surface area contributed by atoms with Crippen LogP contribution in [0.5, 0.6) is 0 Å². The Bertz CT molecular complexity index is 715. The van der Waals surface area contributed by atoms with Crippen LogP contribution in [0.25, 0.3) is 0 Å². The average molecular weight is 307 g/mol. The summed E-state index contributed by atoms with van der Waals surface area (Å²) in [6.07, 6.45) is -5.08. The molecule has 1 heterocycles. The summed E-state index contributed by atoms with van der Waals surface area (Å²) in [6.45, 7) is -0.0327. The van der Waals surface area contributed by atoms with Gasteiger partial charge in [-0.1, -0.05) is 48.5 Å². The highest BCUT2D eigenvalue weighted by atomic mass is 19.4. The quantitative estimate of drug-likeness (QED) is 0.926. The van der Waals surface area contributed by atoms with E-state index < -0.39 is 23.2 Å². The zero-order valence-electron chi connectivity index (χ0n) is 11.3. The van der Waals surface area contributed by atoms with Crippen molar-refractivity contribution in [3.05, 3.63) is 65.7 Å². The lowest BCUT2D eigenvalue weighted by Gasteiger charge is -2.25. The Kier molecular flexibility index (Phi) is 3.21. The van der Waals surface area contributed by atoms with E-state index in [2.05, 4.69) is 0 Å². The van der Waals surface area contributed by atoms with Crippen molar-refractivity contribution in [3.8, 4) is 0 Å². The van der Waals surface area contributed by atoms with Crippen molar-refractivity contribution in [3.63, 3.8) is 0 Å². The van der Waals surface area contributed by atoms with Crippen molar-refractivity contribution in [2.45, 2.75) is 18.3 Å². The van der Waals surface area contributed by atoms with Crippen LogP contribution in [0, 0.1) is 0 Å². The number of hydrogen-bond acceptors (Lipinski definition) is 2. The van der Waals surface area contributed by atoms with Crippen molar-refractivity contribution < 1.29 is 23.1 Å². The van der Waals surface area contributed by atoms with Crippen LogP contribution in [0.1, 0.15) is 11.1 Å². The number of para-hydroxylation sites is 1. The van der Waals surface area contributed by atoms with Gasteiger partial charge in [-0.25, -0.2) is 0 Å². The van der Waals surface area contributed by atoms with Crippen LogP contribution in [0.3, 0.4) is 0 Å². The number of rotatable bonds is 2. The average Bonchev–Trinajstić information content (AvgIpc) is 2.71. The number of anilines is 1. The summed E-state index contributed by atoms with van der Waals surface area (Å²) in [5, 5.41) is 10.1. The van der Waals surface area contributed by atoms with Gasteiger partial charge in [0.05, 0.1) is 12.2 Å². The van der Waals surface area contributed by atoms with E-state index in [-0.39, 0.29) is 12.2 Å². The predicted octanol–water partition coefficient (Wildman–Crippen LogP) is 2.98. The minimum Gasteiger partial charge on any atom is -0.368 e. The van der Waals surface area contributed by atoms with E-state index >= 15 is 0 Å². The van der Waals surface area contributed by atoms with Gasteiger partial charge in [-0.15, -0.1) is 0 Å². The second-order valence-corrected chi connectivity index (χ2v) is 5.10. The first-order valence-electron chi connectivity index (χ1n) is 6.60. The molecule has 3 rings (SSSR count). The highest BCUT2D eigenvalue weighted by Crippen LogP contribution is 2.49. The number of halogens is 3. The van der Waals surface area contributed by atoms with E-state index in [1.807, 2.05) is 0 Å². The van der Waals surface area contributed by atoms with Crippen LogP contribution < -0.4 is 4.90 Å². The molecule has 114 valence electrons. The van der Waals surface area contributed by atoms with Gasteiger partial charge in [0.15, 0.2) is 0 Å². The molecule has 0 fully saturated rings. The topological polar surface area (TPSA) is 40.5 Å². The molecule has 0 aromatic heterocycles. The molecule has 22 heavy (non-hydrogen) atoms. The van der Waals surface area contributed by atoms with Gasteiger partial charge in [0.2, 0.25) is 0 Å². The van der Waals surface area contributed by atoms with Crippen molar-refractivity contribution in [1.82, 2.24) is 0 Å². The van der Waals surface area contributed by atoms with Crippen LogP contribution in [0.4, 0.5) is 18.9 Å². The molecule has 3 nitrogen and oxygen atoms in total. The van der Waals surface area contributed by atoms with Gasteiger partial charge in [0.25, 0.3) is 11.5 Å². The zero-order chi connectivity index (χ0) is 16.0. The fourth-order valence-electron chi connectivity index (χ4n) is 2.63. The van der Waals surface area contributed by atoms with E-state index in [0.29, 0.717) is 5.56 Å². The Hall–Kier alpha value is -2.34. The number of benzene rings is 2. The largest absolute Gasteiger partial charge is 0.430 e. The Morgan fingerprint density at radius 2 is 1.59 bits per heavy atom. The molecular weight excluding hydrogens is 295 g/mol. The molecule has 1 aliphatic heterocycles. The van der Waals surface area contributed by atoms with E-state index in [1.54, 1.807) is 30.3 Å². The highest BCUT2D eigenvalue weighted by Gasteiger charge is 2.66. The molecule has 2 aromatic rings. The summed E-state index contributed by atoms with van der Waals surface area (Å²) in [5.74, 6) is -1.37. The molecule has 2 aromatic carbocycles. The summed E-state index contributed by atoms with van der Waals surface area (Å²) < 4.78 is 39.9. The maximum Gasteiger partial charge on any atom is 0.430 e. The summed E-state index contributed by atoms with van der Waals surface area (Å²) in [4.78, 5) is 13.3. The van der Waals surface area contributed by atoms with Crippen molar-refractivity contribution >= 4 is 11.6 Å². The first kappa shape index (κ1) is 14.6.